The Bertz CT molecular complexity index is 206. The van der Waals surface area contributed by atoms with Crippen molar-refractivity contribution in [3.8, 4) is 0 Å². The van der Waals surface area contributed by atoms with Gasteiger partial charge < -0.3 is 4.90 Å². The molecule has 2 bridgehead atoms. The molecule has 102 valence electrons. The smallest absolute Gasteiger partial charge is 0.149 e. The Hall–Kier alpha value is -0.120. The Morgan fingerprint density at radius 3 is 1.71 bits per heavy atom. The number of piperidine rings is 3. The molecule has 3 aliphatic heterocycles. The molecule has 0 aromatic rings. The summed E-state index contributed by atoms with van der Waals surface area (Å²) in [5.74, 6) is 0.919. The number of hydrogen-bond donors (Lipinski definition) is 0. The Labute approximate surface area is 112 Å². The summed E-state index contributed by atoms with van der Waals surface area (Å²) in [5.41, 5.74) is 0. The number of carbonyl (C=O) groups is 1. The predicted molar refractivity (Wildman–Crippen MR) is 74.9 cm³/mol. The average molecular weight is 263 g/mol. The monoisotopic (exact) mass is 262 g/mol. The molecule has 3 heterocycles. The molecule has 0 spiro atoms. The number of fused-ring (bicyclic) bond motifs is 3. The van der Waals surface area contributed by atoms with Crippen molar-refractivity contribution in [2.75, 3.05) is 39.3 Å². The van der Waals surface area contributed by atoms with Gasteiger partial charge in [-0.25, -0.2) is 0 Å². The molecular weight excluding hydrogens is 236 g/mol. The van der Waals surface area contributed by atoms with E-state index >= 15 is 0 Å². The van der Waals surface area contributed by atoms with Crippen LogP contribution >= 0.6 is 12.4 Å². The Morgan fingerprint density at radius 2 is 1.59 bits per heavy atom. The number of ketones is 1. The molecule has 3 rings (SSSR count). The number of carbonyl (C=O) groups excluding carboxylic acids is 1. The normalized spacial score (nSPS) is 26.2. The van der Waals surface area contributed by atoms with E-state index in [4.69, 9.17) is 0 Å². The molecule has 0 atom stereocenters. The standard InChI is InChI=1S/C7H11NO.C6H15N.ClH/c9-7-5-8-3-1-6(7)2-4-8;1-4-7(5-2)6-3;/h6H,1-5H2;4-6H2,1-3H3;1H. The lowest BCUT2D eigenvalue weighted by Crippen LogP contribution is -2.47. The van der Waals surface area contributed by atoms with Crippen molar-refractivity contribution in [2.24, 2.45) is 5.92 Å². The highest BCUT2D eigenvalue weighted by atomic mass is 35.5. The molecule has 0 amide bonds. The van der Waals surface area contributed by atoms with Crippen LogP contribution < -0.4 is 0 Å². The molecule has 0 aromatic carbocycles. The van der Waals surface area contributed by atoms with Crippen LogP contribution in [0.5, 0.6) is 0 Å². The predicted octanol–water partition coefficient (Wildman–Crippen LogP) is 2.05. The van der Waals surface area contributed by atoms with E-state index in [1.165, 1.54) is 19.6 Å². The summed E-state index contributed by atoms with van der Waals surface area (Å²) in [7, 11) is 0. The van der Waals surface area contributed by atoms with Gasteiger partial charge in [0.15, 0.2) is 0 Å². The first kappa shape index (κ1) is 16.9. The first-order valence-electron chi connectivity index (χ1n) is 6.68. The van der Waals surface area contributed by atoms with E-state index in [-0.39, 0.29) is 12.4 Å². The fraction of sp³-hybridized carbons (Fsp3) is 0.923. The van der Waals surface area contributed by atoms with E-state index in [1.54, 1.807) is 0 Å². The minimum absolute atomic E-state index is 0. The summed E-state index contributed by atoms with van der Waals surface area (Å²) in [6.45, 7) is 13.2. The topological polar surface area (TPSA) is 23.6 Å². The van der Waals surface area contributed by atoms with Crippen LogP contribution in [0.3, 0.4) is 0 Å². The third-order valence-corrected chi connectivity index (χ3v) is 3.76. The van der Waals surface area contributed by atoms with E-state index < -0.39 is 0 Å². The lowest BCUT2D eigenvalue weighted by Gasteiger charge is -2.37. The number of Topliss-reactive ketones (excluding diaryl/α,β-unsaturated/α-hetero) is 1. The SMILES string of the molecule is CCN(CC)CC.Cl.O=C1CN2CCC1CC2. The van der Waals surface area contributed by atoms with Gasteiger partial charge in [0.1, 0.15) is 5.78 Å². The van der Waals surface area contributed by atoms with Crippen LogP contribution in [0.1, 0.15) is 33.6 Å². The number of nitrogens with zero attached hydrogens (tertiary/aromatic N) is 2. The van der Waals surface area contributed by atoms with Crippen molar-refractivity contribution in [1.82, 2.24) is 9.80 Å². The first-order valence-corrected chi connectivity index (χ1v) is 6.68. The number of rotatable bonds is 3. The molecule has 3 fully saturated rings. The van der Waals surface area contributed by atoms with Gasteiger partial charge in [-0.2, -0.15) is 0 Å². The molecule has 0 unspecified atom stereocenters. The Morgan fingerprint density at radius 1 is 1.12 bits per heavy atom. The number of hydrogen-bond acceptors (Lipinski definition) is 3. The minimum Gasteiger partial charge on any atom is -0.304 e. The molecule has 3 nitrogen and oxygen atoms in total. The van der Waals surface area contributed by atoms with E-state index in [9.17, 15) is 4.79 Å². The molecule has 0 aromatic heterocycles. The summed E-state index contributed by atoms with van der Waals surface area (Å²) in [5, 5.41) is 0. The minimum atomic E-state index is 0. The molecule has 17 heavy (non-hydrogen) atoms. The Kier molecular flexibility index (Phi) is 8.83. The second-order valence-electron chi connectivity index (χ2n) is 4.64. The molecule has 4 heteroatoms. The Balaban J connectivity index is 0.000000296. The van der Waals surface area contributed by atoms with Gasteiger partial charge in [0.25, 0.3) is 0 Å². The van der Waals surface area contributed by atoms with Crippen LogP contribution in [0.4, 0.5) is 0 Å². The van der Waals surface area contributed by atoms with Crippen LogP contribution in [-0.4, -0.2) is 54.9 Å². The van der Waals surface area contributed by atoms with Crippen LogP contribution in [0.2, 0.25) is 0 Å². The third-order valence-electron chi connectivity index (χ3n) is 3.76. The molecule has 3 saturated heterocycles. The maximum Gasteiger partial charge on any atom is 0.149 e. The van der Waals surface area contributed by atoms with E-state index in [0.29, 0.717) is 11.7 Å². The second-order valence-corrected chi connectivity index (χ2v) is 4.64. The van der Waals surface area contributed by atoms with Gasteiger partial charge in [0.2, 0.25) is 0 Å². The molecule has 0 aliphatic carbocycles. The van der Waals surface area contributed by atoms with Crippen LogP contribution in [0.25, 0.3) is 0 Å². The van der Waals surface area contributed by atoms with Crippen molar-refractivity contribution in [3.05, 3.63) is 0 Å². The number of halogens is 1. The van der Waals surface area contributed by atoms with Crippen molar-refractivity contribution in [3.63, 3.8) is 0 Å². The quantitative estimate of drug-likeness (QED) is 0.778. The summed E-state index contributed by atoms with van der Waals surface area (Å²) in [6, 6.07) is 0. The average Bonchev–Trinajstić information content (AvgIpc) is 2.33. The van der Waals surface area contributed by atoms with Crippen LogP contribution in [0.15, 0.2) is 0 Å². The molecule has 3 aliphatic rings. The highest BCUT2D eigenvalue weighted by Crippen LogP contribution is 2.23. The molecule has 0 radical (unpaired) electrons. The van der Waals surface area contributed by atoms with Gasteiger partial charge in [0.05, 0.1) is 6.54 Å². The second kappa shape index (κ2) is 8.90. The third kappa shape index (κ3) is 5.36. The first-order chi connectivity index (χ1) is 7.71. The van der Waals surface area contributed by atoms with Crippen molar-refractivity contribution in [2.45, 2.75) is 33.6 Å². The summed E-state index contributed by atoms with van der Waals surface area (Å²) >= 11 is 0. The highest BCUT2D eigenvalue weighted by molar-refractivity contribution is 5.85. The van der Waals surface area contributed by atoms with Gasteiger partial charge in [-0.3, -0.25) is 9.69 Å². The van der Waals surface area contributed by atoms with E-state index in [2.05, 4.69) is 30.6 Å². The van der Waals surface area contributed by atoms with Gasteiger partial charge in [-0.15, -0.1) is 12.4 Å². The molecule has 0 saturated carbocycles. The maximum atomic E-state index is 11.0. The fourth-order valence-electron chi connectivity index (χ4n) is 2.43. The van der Waals surface area contributed by atoms with Crippen LogP contribution in [-0.2, 0) is 4.79 Å². The zero-order chi connectivity index (χ0) is 12.0. The largest absolute Gasteiger partial charge is 0.304 e. The zero-order valence-electron chi connectivity index (χ0n) is 11.4. The maximum absolute atomic E-state index is 11.0. The van der Waals surface area contributed by atoms with Gasteiger partial charge in [0, 0.05) is 5.92 Å². The fourth-order valence-corrected chi connectivity index (χ4v) is 2.43. The summed E-state index contributed by atoms with van der Waals surface area (Å²) in [4.78, 5) is 15.6. The molecular formula is C13H27ClN2O. The van der Waals surface area contributed by atoms with Gasteiger partial charge in [-0.1, -0.05) is 20.8 Å². The molecule has 0 N–H and O–H groups in total. The van der Waals surface area contributed by atoms with Gasteiger partial charge in [-0.05, 0) is 45.6 Å². The van der Waals surface area contributed by atoms with Crippen molar-refractivity contribution < 1.29 is 4.79 Å². The van der Waals surface area contributed by atoms with E-state index in [0.717, 1.165) is 32.5 Å². The van der Waals surface area contributed by atoms with Gasteiger partial charge >= 0.3 is 0 Å². The summed E-state index contributed by atoms with van der Waals surface area (Å²) in [6.07, 6.45) is 2.25. The highest BCUT2D eigenvalue weighted by Gasteiger charge is 2.31. The van der Waals surface area contributed by atoms with Crippen molar-refractivity contribution >= 4 is 18.2 Å². The zero-order valence-corrected chi connectivity index (χ0v) is 12.3. The lowest BCUT2D eigenvalue weighted by molar-refractivity contribution is -0.130. The van der Waals surface area contributed by atoms with Crippen molar-refractivity contribution in [1.29, 1.82) is 0 Å². The summed E-state index contributed by atoms with van der Waals surface area (Å²) < 4.78 is 0. The van der Waals surface area contributed by atoms with E-state index in [1.807, 2.05) is 0 Å². The lowest BCUT2D eigenvalue weighted by atomic mass is 9.87. The van der Waals surface area contributed by atoms with Crippen LogP contribution in [0, 0.1) is 5.92 Å².